The molecule has 6 heteroatoms. The van der Waals surface area contributed by atoms with Gasteiger partial charge in [0, 0.05) is 0 Å². The molecule has 0 aromatic heterocycles. The fourth-order valence-electron chi connectivity index (χ4n) is 4.56. The zero-order valence-corrected chi connectivity index (χ0v) is 21.0. The SMILES string of the molecule is CCCCCCCCCCCCCCCCCCCC1Nc2ccc(S(=O)(=O)O)cc2N1. The summed E-state index contributed by atoms with van der Waals surface area (Å²) in [6, 6.07) is 4.63. The van der Waals surface area contributed by atoms with E-state index < -0.39 is 10.1 Å². The number of anilines is 2. The molecule has 0 radical (unpaired) electrons. The molecule has 0 spiro atoms. The van der Waals surface area contributed by atoms with Crippen LogP contribution in [0, 0.1) is 0 Å². The number of fused-ring (bicyclic) bond motifs is 1. The molecule has 32 heavy (non-hydrogen) atoms. The first-order chi connectivity index (χ1) is 15.5. The second kappa shape index (κ2) is 15.5. The maximum absolute atomic E-state index is 11.3. The Bertz CT molecular complexity index is 737. The highest BCUT2D eigenvalue weighted by molar-refractivity contribution is 7.85. The molecule has 1 aliphatic rings. The van der Waals surface area contributed by atoms with Gasteiger partial charge < -0.3 is 10.6 Å². The van der Waals surface area contributed by atoms with Crippen LogP contribution in [0.2, 0.25) is 0 Å². The topological polar surface area (TPSA) is 78.4 Å². The van der Waals surface area contributed by atoms with Gasteiger partial charge in [0.25, 0.3) is 10.1 Å². The van der Waals surface area contributed by atoms with Crippen LogP contribution in [0.5, 0.6) is 0 Å². The number of hydrogen-bond acceptors (Lipinski definition) is 4. The van der Waals surface area contributed by atoms with E-state index in [0.29, 0.717) is 0 Å². The van der Waals surface area contributed by atoms with Crippen molar-refractivity contribution in [3.05, 3.63) is 18.2 Å². The van der Waals surface area contributed by atoms with E-state index in [2.05, 4.69) is 17.6 Å². The number of hydrogen-bond donors (Lipinski definition) is 3. The van der Waals surface area contributed by atoms with E-state index in [0.717, 1.165) is 24.2 Å². The number of unbranched alkanes of at least 4 members (excludes halogenated alkanes) is 16. The molecule has 1 aromatic carbocycles. The van der Waals surface area contributed by atoms with Crippen LogP contribution in [0.25, 0.3) is 0 Å². The lowest BCUT2D eigenvalue weighted by atomic mass is 10.0. The highest BCUT2D eigenvalue weighted by Crippen LogP contribution is 2.32. The summed E-state index contributed by atoms with van der Waals surface area (Å²) in [5.74, 6) is 0. The van der Waals surface area contributed by atoms with E-state index in [1.54, 1.807) is 6.07 Å². The van der Waals surface area contributed by atoms with E-state index in [1.165, 1.54) is 115 Å². The fraction of sp³-hybridized carbons (Fsp3) is 0.769. The van der Waals surface area contributed by atoms with E-state index in [1.807, 2.05) is 0 Å². The predicted molar refractivity (Wildman–Crippen MR) is 136 cm³/mol. The molecule has 3 N–H and O–H groups in total. The predicted octanol–water partition coefficient (Wildman–Crippen LogP) is 8.14. The second-order valence-corrected chi connectivity index (χ2v) is 10.9. The third-order valence-corrected chi connectivity index (χ3v) is 7.39. The van der Waals surface area contributed by atoms with Gasteiger partial charge in [0.15, 0.2) is 0 Å². The number of nitrogens with one attached hydrogen (secondary N) is 2. The van der Waals surface area contributed by atoms with Gasteiger partial charge >= 0.3 is 0 Å². The summed E-state index contributed by atoms with van der Waals surface area (Å²) < 4.78 is 31.7. The van der Waals surface area contributed by atoms with Gasteiger partial charge in [-0.1, -0.05) is 110 Å². The van der Waals surface area contributed by atoms with Gasteiger partial charge in [0.1, 0.15) is 0 Å². The third kappa shape index (κ3) is 11.0. The van der Waals surface area contributed by atoms with Crippen LogP contribution in [-0.4, -0.2) is 19.1 Å². The van der Waals surface area contributed by atoms with E-state index >= 15 is 0 Å². The molecule has 0 amide bonds. The van der Waals surface area contributed by atoms with Crippen molar-refractivity contribution < 1.29 is 13.0 Å². The van der Waals surface area contributed by atoms with Gasteiger partial charge in [0.05, 0.1) is 22.4 Å². The average molecular weight is 467 g/mol. The van der Waals surface area contributed by atoms with Crippen LogP contribution in [0.15, 0.2) is 23.1 Å². The van der Waals surface area contributed by atoms with Gasteiger partial charge in [-0.2, -0.15) is 8.42 Å². The van der Waals surface area contributed by atoms with Gasteiger partial charge in [-0.05, 0) is 31.0 Å². The van der Waals surface area contributed by atoms with Crippen molar-refractivity contribution in [2.75, 3.05) is 10.6 Å². The third-order valence-electron chi connectivity index (χ3n) is 6.54. The quantitative estimate of drug-likeness (QED) is 0.142. The first kappa shape index (κ1) is 27.0. The largest absolute Gasteiger partial charge is 0.364 e. The standard InChI is InChI=1S/C26H46N2O3S/c1-2-3-4-5-6-7-8-9-10-11-12-13-14-15-16-17-18-19-26-27-24-21-20-23(32(29,30)31)22-25(24)28-26/h20-22,26-28H,2-19H2,1H3,(H,29,30,31). The molecule has 2 rings (SSSR count). The minimum absolute atomic E-state index is 0.0657. The van der Waals surface area contributed by atoms with Crippen molar-refractivity contribution in [3.8, 4) is 0 Å². The summed E-state index contributed by atoms with van der Waals surface area (Å²) in [6.45, 7) is 2.28. The molecule has 0 aliphatic carbocycles. The molecule has 1 aliphatic heterocycles. The zero-order valence-electron chi connectivity index (χ0n) is 20.2. The number of benzene rings is 1. The highest BCUT2D eigenvalue weighted by Gasteiger charge is 2.21. The molecule has 0 bridgehead atoms. The van der Waals surface area contributed by atoms with E-state index in [-0.39, 0.29) is 11.1 Å². The fourth-order valence-corrected chi connectivity index (χ4v) is 5.07. The van der Waals surface area contributed by atoms with Crippen molar-refractivity contribution in [1.29, 1.82) is 0 Å². The van der Waals surface area contributed by atoms with Crippen LogP contribution in [0.1, 0.15) is 122 Å². The van der Waals surface area contributed by atoms with Crippen molar-refractivity contribution in [2.24, 2.45) is 0 Å². The molecular weight excluding hydrogens is 420 g/mol. The summed E-state index contributed by atoms with van der Waals surface area (Å²) in [4.78, 5) is -0.0657. The monoisotopic (exact) mass is 466 g/mol. The van der Waals surface area contributed by atoms with Crippen molar-refractivity contribution >= 4 is 21.5 Å². The maximum Gasteiger partial charge on any atom is 0.294 e. The minimum Gasteiger partial charge on any atom is -0.364 e. The summed E-state index contributed by atoms with van der Waals surface area (Å²) in [5, 5.41) is 6.70. The van der Waals surface area contributed by atoms with Crippen LogP contribution < -0.4 is 10.6 Å². The molecule has 0 saturated carbocycles. The van der Waals surface area contributed by atoms with E-state index in [4.69, 9.17) is 0 Å². The summed E-state index contributed by atoms with van der Waals surface area (Å²) in [7, 11) is -4.16. The van der Waals surface area contributed by atoms with Crippen molar-refractivity contribution in [1.82, 2.24) is 0 Å². The van der Waals surface area contributed by atoms with Crippen LogP contribution >= 0.6 is 0 Å². The molecule has 184 valence electrons. The summed E-state index contributed by atoms with van der Waals surface area (Å²) in [5.41, 5.74) is 1.64. The normalized spacial score (nSPS) is 15.4. The average Bonchev–Trinajstić information content (AvgIpc) is 3.17. The Kier molecular flexibility index (Phi) is 13.1. The molecule has 1 atom stereocenters. The van der Waals surface area contributed by atoms with Crippen LogP contribution in [-0.2, 0) is 10.1 Å². The van der Waals surface area contributed by atoms with Crippen LogP contribution in [0.3, 0.4) is 0 Å². The Hall–Kier alpha value is -1.27. The smallest absolute Gasteiger partial charge is 0.294 e. The lowest BCUT2D eigenvalue weighted by Gasteiger charge is -2.12. The zero-order chi connectivity index (χ0) is 23.1. The van der Waals surface area contributed by atoms with E-state index in [9.17, 15) is 13.0 Å². The Morgan fingerprint density at radius 3 is 1.59 bits per heavy atom. The lowest BCUT2D eigenvalue weighted by molar-refractivity contribution is 0.483. The Balaban J connectivity index is 1.37. The van der Waals surface area contributed by atoms with Crippen LogP contribution in [0.4, 0.5) is 11.4 Å². The van der Waals surface area contributed by atoms with Gasteiger partial charge in [0.2, 0.25) is 0 Å². The Labute approximate surface area is 196 Å². The van der Waals surface area contributed by atoms with Gasteiger partial charge in [-0.15, -0.1) is 0 Å². The first-order valence-corrected chi connectivity index (χ1v) is 14.6. The molecule has 0 fully saturated rings. The molecule has 1 unspecified atom stereocenters. The number of rotatable bonds is 19. The maximum atomic E-state index is 11.3. The molecular formula is C26H46N2O3S. The molecule has 1 aromatic rings. The summed E-state index contributed by atoms with van der Waals surface area (Å²) >= 11 is 0. The van der Waals surface area contributed by atoms with Gasteiger partial charge in [-0.3, -0.25) is 4.55 Å². The summed E-state index contributed by atoms with van der Waals surface area (Å²) in [6.07, 6.45) is 24.5. The lowest BCUT2D eigenvalue weighted by Crippen LogP contribution is -2.21. The van der Waals surface area contributed by atoms with Crippen molar-refractivity contribution in [2.45, 2.75) is 134 Å². The Morgan fingerprint density at radius 2 is 1.12 bits per heavy atom. The highest BCUT2D eigenvalue weighted by atomic mass is 32.2. The van der Waals surface area contributed by atoms with Crippen molar-refractivity contribution in [3.63, 3.8) is 0 Å². The van der Waals surface area contributed by atoms with Gasteiger partial charge in [-0.25, -0.2) is 0 Å². The minimum atomic E-state index is -4.16. The second-order valence-electron chi connectivity index (χ2n) is 9.47. The molecule has 5 nitrogen and oxygen atoms in total. The molecule has 1 heterocycles. The Morgan fingerprint density at radius 1 is 0.688 bits per heavy atom. The molecule has 0 saturated heterocycles. The first-order valence-electron chi connectivity index (χ1n) is 13.2.